The minimum Gasteiger partial charge on any atom is -0.491 e. The third-order valence-electron chi connectivity index (χ3n) is 2.76. The second-order valence-corrected chi connectivity index (χ2v) is 4.40. The van der Waals surface area contributed by atoms with Crippen LogP contribution in [0.1, 0.15) is 18.9 Å². The van der Waals surface area contributed by atoms with Gasteiger partial charge in [-0.2, -0.15) is 0 Å². The van der Waals surface area contributed by atoms with Crippen molar-refractivity contribution in [3.63, 3.8) is 0 Å². The quantitative estimate of drug-likeness (QED) is 0.860. The predicted octanol–water partition coefficient (Wildman–Crippen LogP) is 3.50. The molecule has 0 unspecified atom stereocenters. The van der Waals surface area contributed by atoms with Gasteiger partial charge in [-0.3, -0.25) is 0 Å². The van der Waals surface area contributed by atoms with Gasteiger partial charge in [-0.05, 0) is 37.1 Å². The molecule has 0 atom stereocenters. The van der Waals surface area contributed by atoms with Crippen LogP contribution in [0.25, 0.3) is 0 Å². The Labute approximate surface area is 113 Å². The Morgan fingerprint density at radius 2 is 2.11 bits per heavy atom. The number of aromatic nitrogens is 1. The zero-order valence-corrected chi connectivity index (χ0v) is 11.3. The Morgan fingerprint density at radius 3 is 2.84 bits per heavy atom. The van der Waals surface area contributed by atoms with E-state index in [2.05, 4.69) is 17.2 Å². The molecule has 3 N–H and O–H groups in total. The van der Waals surface area contributed by atoms with Crippen LogP contribution in [0.3, 0.4) is 0 Å². The van der Waals surface area contributed by atoms with Gasteiger partial charge in [0.05, 0.1) is 24.2 Å². The molecule has 4 nitrogen and oxygen atoms in total. The Hall–Kier alpha value is -2.23. The molecule has 0 aliphatic heterocycles. The molecule has 0 saturated carbocycles. The number of hydrogen-bond donors (Lipinski definition) is 2. The van der Waals surface area contributed by atoms with Crippen molar-refractivity contribution >= 4 is 17.2 Å². The van der Waals surface area contributed by atoms with E-state index in [0.29, 0.717) is 12.3 Å². The third kappa shape index (κ3) is 3.37. The third-order valence-corrected chi connectivity index (χ3v) is 2.76. The molecule has 0 saturated heterocycles. The number of nitrogens with one attached hydrogen (secondary N) is 1. The first kappa shape index (κ1) is 13.2. The number of aryl methyl sites for hydroxylation is 1. The summed E-state index contributed by atoms with van der Waals surface area (Å²) in [5.74, 6) is 1.60. The number of para-hydroxylation sites is 2. The van der Waals surface area contributed by atoms with Gasteiger partial charge in [-0.1, -0.05) is 19.1 Å². The molecular weight excluding hydrogens is 238 g/mol. The number of nitrogens with zero attached hydrogens (tertiary/aromatic N) is 1. The van der Waals surface area contributed by atoms with Crippen molar-refractivity contribution in [3.8, 4) is 5.75 Å². The van der Waals surface area contributed by atoms with Gasteiger partial charge in [0.1, 0.15) is 11.6 Å². The van der Waals surface area contributed by atoms with Crippen LogP contribution >= 0.6 is 0 Å². The Morgan fingerprint density at radius 1 is 1.32 bits per heavy atom. The maximum atomic E-state index is 5.76. The van der Waals surface area contributed by atoms with Crippen molar-refractivity contribution < 1.29 is 4.74 Å². The smallest absolute Gasteiger partial charge is 0.142 e. The molecule has 0 aliphatic carbocycles. The summed E-state index contributed by atoms with van der Waals surface area (Å²) in [6, 6.07) is 9.76. The summed E-state index contributed by atoms with van der Waals surface area (Å²) in [6.45, 7) is 4.75. The Kier molecular flexibility index (Phi) is 4.23. The van der Waals surface area contributed by atoms with Gasteiger partial charge < -0.3 is 15.8 Å². The number of nitrogen functional groups attached to an aromatic ring is 1. The minimum atomic E-state index is 0.695. The molecule has 0 aliphatic rings. The molecule has 0 amide bonds. The highest BCUT2D eigenvalue weighted by Gasteiger charge is 2.04. The van der Waals surface area contributed by atoms with E-state index in [4.69, 9.17) is 10.5 Å². The molecule has 2 aromatic rings. The lowest BCUT2D eigenvalue weighted by Gasteiger charge is -2.12. The average Bonchev–Trinajstić information content (AvgIpc) is 2.42. The number of pyridine rings is 1. The number of ether oxygens (including phenoxy) is 1. The molecule has 4 heteroatoms. The van der Waals surface area contributed by atoms with Crippen LogP contribution in [0.5, 0.6) is 5.75 Å². The SMILES string of the molecule is CCCOc1ccccc1Nc1cc(C)c(N)cn1. The minimum absolute atomic E-state index is 0.695. The van der Waals surface area contributed by atoms with Crippen LogP contribution in [0.2, 0.25) is 0 Å². The highest BCUT2D eigenvalue weighted by Crippen LogP contribution is 2.27. The molecule has 0 fully saturated rings. The standard InChI is InChI=1S/C15H19N3O/c1-3-8-19-14-7-5-4-6-13(14)18-15-9-11(2)12(16)10-17-15/h4-7,9-10H,3,8,16H2,1-2H3,(H,17,18). The first-order valence-electron chi connectivity index (χ1n) is 6.41. The van der Waals surface area contributed by atoms with Gasteiger partial charge in [0.25, 0.3) is 0 Å². The van der Waals surface area contributed by atoms with Crippen molar-refractivity contribution in [2.24, 2.45) is 0 Å². The molecule has 19 heavy (non-hydrogen) atoms. The van der Waals surface area contributed by atoms with Crippen molar-refractivity contribution in [3.05, 3.63) is 42.1 Å². The van der Waals surface area contributed by atoms with Crippen LogP contribution in [-0.4, -0.2) is 11.6 Å². The van der Waals surface area contributed by atoms with E-state index in [1.54, 1.807) is 6.20 Å². The predicted molar refractivity (Wildman–Crippen MR) is 78.9 cm³/mol. The fraction of sp³-hybridized carbons (Fsp3) is 0.267. The van der Waals surface area contributed by atoms with E-state index in [0.717, 1.165) is 29.2 Å². The summed E-state index contributed by atoms with van der Waals surface area (Å²) in [6.07, 6.45) is 2.64. The lowest BCUT2D eigenvalue weighted by Crippen LogP contribution is -2.01. The first-order chi connectivity index (χ1) is 9.20. The summed E-state index contributed by atoms with van der Waals surface area (Å²) in [5, 5.41) is 3.26. The van der Waals surface area contributed by atoms with Gasteiger partial charge in [-0.15, -0.1) is 0 Å². The fourth-order valence-electron chi connectivity index (χ4n) is 1.68. The van der Waals surface area contributed by atoms with Gasteiger partial charge in [0.2, 0.25) is 0 Å². The van der Waals surface area contributed by atoms with Crippen molar-refractivity contribution in [1.82, 2.24) is 4.98 Å². The van der Waals surface area contributed by atoms with Crippen LogP contribution < -0.4 is 15.8 Å². The van der Waals surface area contributed by atoms with E-state index in [1.807, 2.05) is 37.3 Å². The maximum absolute atomic E-state index is 5.76. The monoisotopic (exact) mass is 257 g/mol. The highest BCUT2D eigenvalue weighted by atomic mass is 16.5. The van der Waals surface area contributed by atoms with Crippen LogP contribution in [-0.2, 0) is 0 Å². The summed E-state index contributed by atoms with van der Waals surface area (Å²) < 4.78 is 5.70. The molecule has 0 spiro atoms. The van der Waals surface area contributed by atoms with Gasteiger partial charge in [0.15, 0.2) is 0 Å². The van der Waals surface area contributed by atoms with Crippen LogP contribution in [0, 0.1) is 6.92 Å². The van der Waals surface area contributed by atoms with Crippen molar-refractivity contribution in [2.45, 2.75) is 20.3 Å². The van der Waals surface area contributed by atoms with Crippen molar-refractivity contribution in [2.75, 3.05) is 17.7 Å². The average molecular weight is 257 g/mol. The molecule has 0 bridgehead atoms. The van der Waals surface area contributed by atoms with E-state index < -0.39 is 0 Å². The number of hydrogen-bond acceptors (Lipinski definition) is 4. The Bertz CT molecular complexity index is 555. The molecule has 1 heterocycles. The van der Waals surface area contributed by atoms with Gasteiger partial charge in [-0.25, -0.2) is 4.98 Å². The van der Waals surface area contributed by atoms with Gasteiger partial charge >= 0.3 is 0 Å². The number of nitrogens with two attached hydrogens (primary N) is 1. The number of anilines is 3. The molecular formula is C15H19N3O. The topological polar surface area (TPSA) is 60.2 Å². The first-order valence-corrected chi connectivity index (χ1v) is 6.41. The van der Waals surface area contributed by atoms with Gasteiger partial charge in [0, 0.05) is 0 Å². The van der Waals surface area contributed by atoms with E-state index in [9.17, 15) is 0 Å². The lowest BCUT2D eigenvalue weighted by atomic mass is 10.2. The van der Waals surface area contributed by atoms with E-state index in [1.165, 1.54) is 0 Å². The number of benzene rings is 1. The molecule has 2 rings (SSSR count). The van der Waals surface area contributed by atoms with E-state index >= 15 is 0 Å². The summed E-state index contributed by atoms with van der Waals surface area (Å²) in [5.41, 5.74) is 8.37. The maximum Gasteiger partial charge on any atom is 0.142 e. The summed E-state index contributed by atoms with van der Waals surface area (Å²) in [7, 11) is 0. The zero-order chi connectivity index (χ0) is 13.7. The summed E-state index contributed by atoms with van der Waals surface area (Å²) in [4.78, 5) is 4.26. The second kappa shape index (κ2) is 6.09. The Balaban J connectivity index is 2.20. The largest absolute Gasteiger partial charge is 0.491 e. The molecule has 1 aromatic heterocycles. The fourth-order valence-corrected chi connectivity index (χ4v) is 1.68. The van der Waals surface area contributed by atoms with Crippen LogP contribution in [0.4, 0.5) is 17.2 Å². The zero-order valence-electron chi connectivity index (χ0n) is 11.3. The second-order valence-electron chi connectivity index (χ2n) is 4.40. The normalized spacial score (nSPS) is 10.2. The van der Waals surface area contributed by atoms with E-state index in [-0.39, 0.29) is 0 Å². The van der Waals surface area contributed by atoms with Crippen molar-refractivity contribution in [1.29, 1.82) is 0 Å². The highest BCUT2D eigenvalue weighted by molar-refractivity contribution is 5.65. The number of rotatable bonds is 5. The summed E-state index contributed by atoms with van der Waals surface area (Å²) >= 11 is 0. The lowest BCUT2D eigenvalue weighted by molar-refractivity contribution is 0.319. The molecule has 100 valence electrons. The molecule has 1 aromatic carbocycles. The molecule has 0 radical (unpaired) electrons. The van der Waals surface area contributed by atoms with Crippen LogP contribution in [0.15, 0.2) is 36.5 Å².